The van der Waals surface area contributed by atoms with Crippen LogP contribution in [-0.2, 0) is 14.8 Å². The Bertz CT molecular complexity index is 650. The van der Waals surface area contributed by atoms with Gasteiger partial charge < -0.3 is 4.90 Å². The molecule has 1 aromatic rings. The predicted octanol–water partition coefficient (Wildman–Crippen LogP) is 2.00. The van der Waals surface area contributed by atoms with E-state index >= 15 is 0 Å². The third-order valence-corrected chi connectivity index (χ3v) is 8.11. The number of sulfonamides is 1. The summed E-state index contributed by atoms with van der Waals surface area (Å²) in [4.78, 5) is 14.0. The number of carbonyl (C=O) groups excluding carboxylic acids is 1. The molecule has 0 N–H and O–H groups in total. The largest absolute Gasteiger partial charge is 0.340 e. The molecular weight excluding hydrogens is 376 g/mol. The summed E-state index contributed by atoms with van der Waals surface area (Å²) in [5, 5.41) is 0. The summed E-state index contributed by atoms with van der Waals surface area (Å²) in [7, 11) is -3.42. The van der Waals surface area contributed by atoms with E-state index in [4.69, 9.17) is 0 Å². The van der Waals surface area contributed by atoms with Crippen LogP contribution < -0.4 is 0 Å². The second kappa shape index (κ2) is 5.64. The molecule has 2 atom stereocenters. The SMILES string of the molecule is CC1CC1C(=O)N1CCN(S(=O)(=O)c2ccc(Br)s2)CC1. The van der Waals surface area contributed by atoms with Gasteiger partial charge in [-0.2, -0.15) is 4.31 Å². The van der Waals surface area contributed by atoms with Crippen molar-refractivity contribution < 1.29 is 13.2 Å². The van der Waals surface area contributed by atoms with E-state index in [1.54, 1.807) is 12.1 Å². The van der Waals surface area contributed by atoms with Crippen LogP contribution in [0.25, 0.3) is 0 Å². The topological polar surface area (TPSA) is 57.7 Å². The van der Waals surface area contributed by atoms with Crippen molar-refractivity contribution >= 4 is 43.2 Å². The minimum Gasteiger partial charge on any atom is -0.340 e. The first-order chi connectivity index (χ1) is 9.89. The number of amides is 1. The van der Waals surface area contributed by atoms with Crippen LogP contribution in [0.15, 0.2) is 20.1 Å². The summed E-state index contributed by atoms with van der Waals surface area (Å²) in [5.74, 6) is 0.850. The van der Waals surface area contributed by atoms with E-state index in [1.807, 2.05) is 4.90 Å². The van der Waals surface area contributed by atoms with Crippen LogP contribution in [0.1, 0.15) is 13.3 Å². The lowest BCUT2D eigenvalue weighted by Gasteiger charge is -2.33. The Morgan fingerprint density at radius 3 is 2.38 bits per heavy atom. The summed E-state index contributed by atoms with van der Waals surface area (Å²) >= 11 is 4.51. The molecule has 1 aromatic heterocycles. The Kier molecular flexibility index (Phi) is 4.15. The fraction of sp³-hybridized carbons (Fsp3) is 0.615. The zero-order chi connectivity index (χ0) is 15.2. The van der Waals surface area contributed by atoms with Gasteiger partial charge in [0.05, 0.1) is 3.79 Å². The lowest BCUT2D eigenvalue weighted by Crippen LogP contribution is -2.50. The molecule has 1 aliphatic carbocycles. The van der Waals surface area contributed by atoms with Crippen LogP contribution >= 0.6 is 27.3 Å². The quantitative estimate of drug-likeness (QED) is 0.790. The van der Waals surface area contributed by atoms with Crippen molar-refractivity contribution in [2.45, 2.75) is 17.6 Å². The second-order valence-corrected chi connectivity index (χ2v) is 10.2. The van der Waals surface area contributed by atoms with Crippen molar-refractivity contribution in [3.63, 3.8) is 0 Å². The first kappa shape index (κ1) is 15.5. The molecule has 1 amide bonds. The van der Waals surface area contributed by atoms with E-state index in [0.717, 1.165) is 10.2 Å². The van der Waals surface area contributed by atoms with Gasteiger partial charge in [0.1, 0.15) is 4.21 Å². The molecule has 21 heavy (non-hydrogen) atoms. The number of hydrogen-bond acceptors (Lipinski definition) is 4. The highest BCUT2D eigenvalue weighted by atomic mass is 79.9. The Hall–Kier alpha value is -0.440. The van der Waals surface area contributed by atoms with Gasteiger partial charge in [0.25, 0.3) is 10.0 Å². The average molecular weight is 393 g/mol. The highest BCUT2D eigenvalue weighted by Gasteiger charge is 2.42. The van der Waals surface area contributed by atoms with Crippen LogP contribution in [0.3, 0.4) is 0 Å². The van der Waals surface area contributed by atoms with Crippen LogP contribution in [0.2, 0.25) is 0 Å². The standard InChI is InChI=1S/C13H17BrN2O3S2/c1-9-8-10(9)13(17)15-4-6-16(7-5-15)21(18,19)12-3-2-11(14)20-12/h2-3,9-10H,4-8H2,1H3. The van der Waals surface area contributed by atoms with Gasteiger partial charge in [-0.05, 0) is 40.4 Å². The minimum absolute atomic E-state index is 0.168. The lowest BCUT2D eigenvalue weighted by atomic mass is 10.2. The molecule has 8 heteroatoms. The van der Waals surface area contributed by atoms with Gasteiger partial charge in [0.15, 0.2) is 0 Å². The van der Waals surface area contributed by atoms with Gasteiger partial charge in [0.2, 0.25) is 5.91 Å². The Balaban J connectivity index is 1.64. The number of rotatable bonds is 3. The smallest absolute Gasteiger partial charge is 0.252 e. The molecule has 3 rings (SSSR count). The Morgan fingerprint density at radius 1 is 1.29 bits per heavy atom. The molecule has 0 radical (unpaired) electrons. The fourth-order valence-corrected chi connectivity index (χ4v) is 6.20. The summed E-state index contributed by atoms with van der Waals surface area (Å²) in [6.45, 7) is 3.83. The Labute approximate surface area is 137 Å². The number of thiophene rings is 1. The van der Waals surface area contributed by atoms with Gasteiger partial charge >= 0.3 is 0 Å². The molecule has 2 heterocycles. The van der Waals surface area contributed by atoms with E-state index in [1.165, 1.54) is 15.6 Å². The highest BCUT2D eigenvalue weighted by Crippen LogP contribution is 2.39. The summed E-state index contributed by atoms with van der Waals surface area (Å²) in [6.07, 6.45) is 0.973. The van der Waals surface area contributed by atoms with Gasteiger partial charge in [-0.25, -0.2) is 8.42 Å². The summed E-state index contributed by atoms with van der Waals surface area (Å²) in [5.41, 5.74) is 0. The maximum atomic E-state index is 12.5. The van der Waals surface area contributed by atoms with Crippen molar-refractivity contribution in [2.75, 3.05) is 26.2 Å². The van der Waals surface area contributed by atoms with Crippen molar-refractivity contribution in [2.24, 2.45) is 11.8 Å². The van der Waals surface area contributed by atoms with E-state index in [-0.39, 0.29) is 11.8 Å². The zero-order valence-corrected chi connectivity index (χ0v) is 14.9. The third-order valence-electron chi connectivity index (χ3n) is 4.12. The average Bonchev–Trinajstić information content (AvgIpc) is 3.02. The Morgan fingerprint density at radius 2 is 1.90 bits per heavy atom. The maximum absolute atomic E-state index is 12.5. The van der Waals surface area contributed by atoms with Crippen molar-refractivity contribution in [3.05, 3.63) is 15.9 Å². The molecule has 1 saturated heterocycles. The molecule has 0 spiro atoms. The molecule has 0 bridgehead atoms. The second-order valence-electron chi connectivity index (χ2n) is 5.61. The molecule has 2 fully saturated rings. The molecule has 2 unspecified atom stereocenters. The van der Waals surface area contributed by atoms with Gasteiger partial charge in [-0.1, -0.05) is 6.92 Å². The molecule has 1 aliphatic heterocycles. The number of piperazine rings is 1. The molecular formula is C13H17BrN2O3S2. The van der Waals surface area contributed by atoms with Crippen LogP contribution in [0.5, 0.6) is 0 Å². The first-order valence-corrected chi connectivity index (χ1v) is 9.99. The van der Waals surface area contributed by atoms with Crippen molar-refractivity contribution in [1.82, 2.24) is 9.21 Å². The van der Waals surface area contributed by atoms with Crippen LogP contribution in [-0.4, -0.2) is 49.7 Å². The molecule has 5 nitrogen and oxygen atoms in total. The molecule has 1 saturated carbocycles. The van der Waals surface area contributed by atoms with E-state index in [9.17, 15) is 13.2 Å². The van der Waals surface area contributed by atoms with E-state index in [0.29, 0.717) is 36.3 Å². The predicted molar refractivity (Wildman–Crippen MR) is 84.6 cm³/mol. The van der Waals surface area contributed by atoms with Crippen LogP contribution in [0.4, 0.5) is 0 Å². The molecule has 0 aromatic carbocycles. The zero-order valence-electron chi connectivity index (χ0n) is 11.7. The maximum Gasteiger partial charge on any atom is 0.252 e. The fourth-order valence-electron chi connectivity index (χ4n) is 2.61. The van der Waals surface area contributed by atoms with Gasteiger partial charge in [-0.15, -0.1) is 11.3 Å². The monoisotopic (exact) mass is 392 g/mol. The van der Waals surface area contributed by atoms with Gasteiger partial charge in [0, 0.05) is 32.1 Å². The van der Waals surface area contributed by atoms with Gasteiger partial charge in [-0.3, -0.25) is 4.79 Å². The summed E-state index contributed by atoms with van der Waals surface area (Å²) in [6, 6.07) is 3.36. The number of carbonyl (C=O) groups is 1. The van der Waals surface area contributed by atoms with Crippen molar-refractivity contribution in [3.8, 4) is 0 Å². The number of hydrogen-bond donors (Lipinski definition) is 0. The van der Waals surface area contributed by atoms with E-state index in [2.05, 4.69) is 22.9 Å². The molecule has 116 valence electrons. The minimum atomic E-state index is -3.42. The van der Waals surface area contributed by atoms with Crippen molar-refractivity contribution in [1.29, 1.82) is 0 Å². The highest BCUT2D eigenvalue weighted by molar-refractivity contribution is 9.11. The first-order valence-electron chi connectivity index (χ1n) is 6.94. The number of nitrogens with zero attached hydrogens (tertiary/aromatic N) is 2. The van der Waals surface area contributed by atoms with E-state index < -0.39 is 10.0 Å². The number of halogens is 1. The normalized spacial score (nSPS) is 26.9. The summed E-state index contributed by atoms with van der Waals surface area (Å²) < 4.78 is 27.6. The lowest BCUT2D eigenvalue weighted by molar-refractivity contribution is -0.134. The van der Waals surface area contributed by atoms with Crippen LogP contribution in [0, 0.1) is 11.8 Å². The molecule has 2 aliphatic rings. The third kappa shape index (κ3) is 3.04.